The van der Waals surface area contributed by atoms with Gasteiger partial charge >= 0.3 is 0 Å². The first-order chi connectivity index (χ1) is 7.84. The Hall–Kier alpha value is -0.800. The van der Waals surface area contributed by atoms with Gasteiger partial charge in [0.1, 0.15) is 5.76 Å². The van der Waals surface area contributed by atoms with Gasteiger partial charge in [0.2, 0.25) is 0 Å². The van der Waals surface area contributed by atoms with Crippen LogP contribution in [0, 0.1) is 0 Å². The van der Waals surface area contributed by atoms with E-state index in [1.165, 1.54) is 12.8 Å². The maximum absolute atomic E-state index is 9.84. The van der Waals surface area contributed by atoms with Crippen LogP contribution in [0.2, 0.25) is 0 Å². The Labute approximate surface area is 96.4 Å². The maximum atomic E-state index is 9.84. The van der Waals surface area contributed by atoms with E-state index in [1.807, 2.05) is 12.1 Å². The van der Waals surface area contributed by atoms with Crippen molar-refractivity contribution in [3.05, 3.63) is 24.2 Å². The highest BCUT2D eigenvalue weighted by Crippen LogP contribution is 2.18. The highest BCUT2D eigenvalue weighted by molar-refractivity contribution is 4.99. The number of rotatable bonds is 5. The Balaban J connectivity index is 1.65. The zero-order valence-electron chi connectivity index (χ0n) is 9.60. The fourth-order valence-electron chi connectivity index (χ4n) is 2.18. The number of furan rings is 1. The van der Waals surface area contributed by atoms with Gasteiger partial charge in [-0.1, -0.05) is 0 Å². The molecule has 0 aliphatic carbocycles. The average Bonchev–Trinajstić information content (AvgIpc) is 2.81. The van der Waals surface area contributed by atoms with Gasteiger partial charge in [0.25, 0.3) is 0 Å². The van der Waals surface area contributed by atoms with Gasteiger partial charge in [0.15, 0.2) is 0 Å². The average molecular weight is 224 g/mol. The second-order valence-corrected chi connectivity index (χ2v) is 4.50. The molecule has 1 aromatic rings. The maximum Gasteiger partial charge on any atom is 0.106 e. The van der Waals surface area contributed by atoms with E-state index < -0.39 is 0 Å². The first kappa shape index (κ1) is 11.7. The fourth-order valence-corrected chi connectivity index (χ4v) is 2.18. The molecule has 3 nitrogen and oxygen atoms in total. The van der Waals surface area contributed by atoms with Crippen molar-refractivity contribution in [2.24, 2.45) is 0 Å². The standard InChI is InChI=1S/C13H20O3/c14-11(10-13-5-3-9-16-13)6-7-12-4-1-2-8-15-12/h3,5,9,11-12,14H,1-2,4,6-8,10H2. The van der Waals surface area contributed by atoms with Crippen molar-refractivity contribution in [1.29, 1.82) is 0 Å². The molecule has 2 atom stereocenters. The summed E-state index contributed by atoms with van der Waals surface area (Å²) in [6.45, 7) is 0.888. The summed E-state index contributed by atoms with van der Waals surface area (Å²) in [5.41, 5.74) is 0. The lowest BCUT2D eigenvalue weighted by molar-refractivity contribution is 0.00204. The number of aliphatic hydroxyl groups is 1. The van der Waals surface area contributed by atoms with E-state index in [0.717, 1.165) is 31.6 Å². The van der Waals surface area contributed by atoms with Crippen LogP contribution in [0.25, 0.3) is 0 Å². The molecule has 3 heteroatoms. The topological polar surface area (TPSA) is 42.6 Å². The summed E-state index contributed by atoms with van der Waals surface area (Å²) in [5, 5.41) is 9.84. The summed E-state index contributed by atoms with van der Waals surface area (Å²) in [5.74, 6) is 0.858. The minimum Gasteiger partial charge on any atom is -0.469 e. The van der Waals surface area contributed by atoms with Crippen LogP contribution in [-0.4, -0.2) is 23.9 Å². The molecule has 0 spiro atoms. The van der Waals surface area contributed by atoms with Gasteiger partial charge in [-0.25, -0.2) is 0 Å². The summed E-state index contributed by atoms with van der Waals surface area (Å²) in [6, 6.07) is 3.76. The van der Waals surface area contributed by atoms with E-state index in [0.29, 0.717) is 12.5 Å². The normalized spacial score (nSPS) is 23.2. The largest absolute Gasteiger partial charge is 0.469 e. The molecule has 1 aliphatic heterocycles. The molecular weight excluding hydrogens is 204 g/mol. The Morgan fingerprint density at radius 2 is 2.38 bits per heavy atom. The summed E-state index contributed by atoms with van der Waals surface area (Å²) >= 11 is 0. The molecule has 0 aromatic carbocycles. The van der Waals surface area contributed by atoms with Gasteiger partial charge in [0.05, 0.1) is 18.5 Å². The predicted molar refractivity (Wildman–Crippen MR) is 61.2 cm³/mol. The third-order valence-electron chi connectivity index (χ3n) is 3.11. The van der Waals surface area contributed by atoms with Crippen molar-refractivity contribution in [2.45, 2.75) is 50.7 Å². The van der Waals surface area contributed by atoms with Gasteiger partial charge in [-0.3, -0.25) is 0 Å². The van der Waals surface area contributed by atoms with Crippen LogP contribution in [0.4, 0.5) is 0 Å². The Morgan fingerprint density at radius 1 is 1.44 bits per heavy atom. The minimum atomic E-state index is -0.309. The lowest BCUT2D eigenvalue weighted by Crippen LogP contribution is -2.21. The van der Waals surface area contributed by atoms with Gasteiger partial charge < -0.3 is 14.3 Å². The zero-order valence-corrected chi connectivity index (χ0v) is 9.60. The highest BCUT2D eigenvalue weighted by Gasteiger charge is 2.16. The molecule has 0 bridgehead atoms. The van der Waals surface area contributed by atoms with Gasteiger partial charge in [-0.2, -0.15) is 0 Å². The van der Waals surface area contributed by atoms with Gasteiger partial charge in [-0.05, 0) is 44.2 Å². The summed E-state index contributed by atoms with van der Waals surface area (Å²) in [6.07, 6.45) is 7.66. The van der Waals surface area contributed by atoms with E-state index >= 15 is 0 Å². The van der Waals surface area contributed by atoms with Crippen LogP contribution >= 0.6 is 0 Å². The number of aliphatic hydroxyl groups excluding tert-OH is 1. The summed E-state index contributed by atoms with van der Waals surface area (Å²) in [7, 11) is 0. The Bertz CT molecular complexity index is 275. The zero-order chi connectivity index (χ0) is 11.2. The van der Waals surface area contributed by atoms with E-state index in [9.17, 15) is 5.11 Å². The molecule has 2 unspecified atom stereocenters. The molecule has 0 radical (unpaired) electrons. The van der Waals surface area contributed by atoms with E-state index in [2.05, 4.69) is 0 Å². The SMILES string of the molecule is OC(CCC1CCCCO1)Cc1ccco1. The Morgan fingerprint density at radius 3 is 3.06 bits per heavy atom. The molecule has 2 heterocycles. The first-order valence-electron chi connectivity index (χ1n) is 6.16. The molecule has 1 saturated heterocycles. The van der Waals surface area contributed by atoms with Crippen molar-refractivity contribution < 1.29 is 14.3 Å². The first-order valence-corrected chi connectivity index (χ1v) is 6.16. The van der Waals surface area contributed by atoms with E-state index in [4.69, 9.17) is 9.15 Å². The van der Waals surface area contributed by atoms with Crippen molar-refractivity contribution in [1.82, 2.24) is 0 Å². The van der Waals surface area contributed by atoms with Crippen LogP contribution in [0.15, 0.2) is 22.8 Å². The number of ether oxygens (including phenoxy) is 1. The van der Waals surface area contributed by atoms with Crippen molar-refractivity contribution in [3.8, 4) is 0 Å². The molecular formula is C13H20O3. The van der Waals surface area contributed by atoms with Crippen LogP contribution in [0.3, 0.4) is 0 Å². The van der Waals surface area contributed by atoms with Crippen molar-refractivity contribution >= 4 is 0 Å². The third kappa shape index (κ3) is 3.65. The molecule has 1 aromatic heterocycles. The smallest absolute Gasteiger partial charge is 0.106 e. The van der Waals surface area contributed by atoms with Crippen molar-refractivity contribution in [2.75, 3.05) is 6.61 Å². The minimum absolute atomic E-state index is 0.309. The van der Waals surface area contributed by atoms with Crippen molar-refractivity contribution in [3.63, 3.8) is 0 Å². The molecule has 1 aliphatic rings. The fraction of sp³-hybridized carbons (Fsp3) is 0.692. The van der Waals surface area contributed by atoms with E-state index in [1.54, 1.807) is 6.26 Å². The second-order valence-electron chi connectivity index (χ2n) is 4.50. The van der Waals surface area contributed by atoms with E-state index in [-0.39, 0.29) is 6.10 Å². The Kier molecular flexibility index (Phi) is 4.43. The molecule has 1 fully saturated rings. The monoisotopic (exact) mass is 224 g/mol. The molecule has 0 saturated carbocycles. The second kappa shape index (κ2) is 6.06. The number of hydrogen-bond donors (Lipinski definition) is 1. The summed E-state index contributed by atoms with van der Waals surface area (Å²) < 4.78 is 10.8. The van der Waals surface area contributed by atoms with Crippen LogP contribution < -0.4 is 0 Å². The molecule has 0 amide bonds. The van der Waals surface area contributed by atoms with Crippen LogP contribution in [-0.2, 0) is 11.2 Å². The number of hydrogen-bond acceptors (Lipinski definition) is 3. The lowest BCUT2D eigenvalue weighted by Gasteiger charge is -2.23. The van der Waals surface area contributed by atoms with Gasteiger partial charge in [0, 0.05) is 13.0 Å². The quantitative estimate of drug-likeness (QED) is 0.835. The lowest BCUT2D eigenvalue weighted by atomic mass is 10.0. The molecule has 1 N–H and O–H groups in total. The molecule has 90 valence electrons. The molecule has 16 heavy (non-hydrogen) atoms. The predicted octanol–water partition coefficient (Wildman–Crippen LogP) is 2.53. The van der Waals surface area contributed by atoms with Crippen LogP contribution in [0.1, 0.15) is 37.9 Å². The summed E-state index contributed by atoms with van der Waals surface area (Å²) in [4.78, 5) is 0. The molecule has 2 rings (SSSR count). The third-order valence-corrected chi connectivity index (χ3v) is 3.11. The highest BCUT2D eigenvalue weighted by atomic mass is 16.5. The van der Waals surface area contributed by atoms with Gasteiger partial charge in [-0.15, -0.1) is 0 Å². The van der Waals surface area contributed by atoms with Crippen LogP contribution in [0.5, 0.6) is 0 Å².